The molecule has 2 rings (SSSR count). The van der Waals surface area contributed by atoms with Gasteiger partial charge in [0.05, 0.1) is 20.9 Å². The van der Waals surface area contributed by atoms with Gasteiger partial charge in [-0.25, -0.2) is 4.98 Å². The Morgan fingerprint density at radius 1 is 1.50 bits per heavy atom. The average molecular weight is 339 g/mol. The van der Waals surface area contributed by atoms with E-state index in [9.17, 15) is 14.9 Å². The molecule has 0 aliphatic rings. The molecule has 0 unspecified atom stereocenters. The van der Waals surface area contributed by atoms with Gasteiger partial charge in [-0.2, -0.15) is 0 Å². The Bertz CT molecular complexity index is 685. The molecule has 1 aromatic carbocycles. The fraction of sp³-hybridized carbons (Fsp3) is 0.429. The molecule has 0 spiro atoms. The summed E-state index contributed by atoms with van der Waals surface area (Å²) in [5.74, 6) is 0.851. The molecular weight excluding hydrogens is 322 g/mol. The molecule has 0 saturated heterocycles. The highest BCUT2D eigenvalue weighted by atomic mass is 32.2. The van der Waals surface area contributed by atoms with Crippen LogP contribution >= 0.6 is 23.1 Å². The van der Waals surface area contributed by atoms with Gasteiger partial charge in [-0.1, -0.05) is 25.6 Å². The van der Waals surface area contributed by atoms with Crippen LogP contribution in [0.1, 0.15) is 20.3 Å². The molecule has 22 heavy (non-hydrogen) atoms. The summed E-state index contributed by atoms with van der Waals surface area (Å²) in [6, 6.07) is 4.59. The standard InChI is InChI=1S/C14H17N3O3S2/c1-9(2)5-6-15-13(18)8-21-14-16-11-4-3-10(17(19)20)7-12(11)22-14/h3-4,7,9H,5-6,8H2,1-2H3,(H,15,18). The zero-order valence-electron chi connectivity index (χ0n) is 12.4. The molecule has 8 heteroatoms. The quantitative estimate of drug-likeness (QED) is 0.474. The number of nitro benzene ring substituents is 1. The van der Waals surface area contributed by atoms with Crippen molar-refractivity contribution in [3.63, 3.8) is 0 Å². The number of carbonyl (C=O) groups is 1. The lowest BCUT2D eigenvalue weighted by Gasteiger charge is -2.06. The van der Waals surface area contributed by atoms with E-state index in [-0.39, 0.29) is 11.6 Å². The molecule has 0 bridgehead atoms. The van der Waals surface area contributed by atoms with Crippen molar-refractivity contribution in [1.82, 2.24) is 10.3 Å². The Labute approximate surface area is 136 Å². The fourth-order valence-corrected chi connectivity index (χ4v) is 3.68. The van der Waals surface area contributed by atoms with Crippen molar-refractivity contribution >= 4 is 44.9 Å². The summed E-state index contributed by atoms with van der Waals surface area (Å²) in [5.41, 5.74) is 0.775. The maximum Gasteiger partial charge on any atom is 0.270 e. The van der Waals surface area contributed by atoms with Gasteiger partial charge >= 0.3 is 0 Å². The van der Waals surface area contributed by atoms with Crippen LogP contribution in [0.2, 0.25) is 0 Å². The number of nitrogens with one attached hydrogen (secondary N) is 1. The molecule has 1 N–H and O–H groups in total. The Morgan fingerprint density at radius 3 is 2.95 bits per heavy atom. The number of hydrogen-bond acceptors (Lipinski definition) is 6. The maximum atomic E-state index is 11.7. The summed E-state index contributed by atoms with van der Waals surface area (Å²) in [7, 11) is 0. The molecule has 0 saturated carbocycles. The third kappa shape index (κ3) is 4.67. The minimum Gasteiger partial charge on any atom is -0.355 e. The Morgan fingerprint density at radius 2 is 2.27 bits per heavy atom. The van der Waals surface area contributed by atoms with Crippen LogP contribution in [0, 0.1) is 16.0 Å². The van der Waals surface area contributed by atoms with Gasteiger partial charge in [0.25, 0.3) is 5.69 Å². The molecule has 0 aliphatic heterocycles. The molecule has 6 nitrogen and oxygen atoms in total. The third-order valence-corrected chi connectivity index (χ3v) is 5.09. The van der Waals surface area contributed by atoms with Crippen LogP contribution in [0.4, 0.5) is 5.69 Å². The highest BCUT2D eigenvalue weighted by Gasteiger charge is 2.11. The van der Waals surface area contributed by atoms with E-state index < -0.39 is 4.92 Å². The van der Waals surface area contributed by atoms with Crippen molar-refractivity contribution in [3.8, 4) is 0 Å². The molecule has 0 fully saturated rings. The molecule has 2 aromatic rings. The monoisotopic (exact) mass is 339 g/mol. The first-order chi connectivity index (χ1) is 10.5. The second-order valence-corrected chi connectivity index (χ2v) is 7.46. The first kappa shape index (κ1) is 16.7. The van der Waals surface area contributed by atoms with Gasteiger partial charge in [0.15, 0.2) is 4.34 Å². The van der Waals surface area contributed by atoms with Crippen LogP contribution < -0.4 is 5.32 Å². The predicted octanol–water partition coefficient (Wildman–Crippen LogP) is 3.46. The van der Waals surface area contributed by atoms with Gasteiger partial charge in [-0.15, -0.1) is 11.3 Å². The number of aromatic nitrogens is 1. The van der Waals surface area contributed by atoms with Gasteiger partial charge in [-0.05, 0) is 18.4 Å². The van der Waals surface area contributed by atoms with E-state index in [0.717, 1.165) is 21.0 Å². The van der Waals surface area contributed by atoms with Crippen LogP contribution in [0.15, 0.2) is 22.5 Å². The molecule has 0 radical (unpaired) electrons. The minimum absolute atomic E-state index is 0.0177. The van der Waals surface area contributed by atoms with E-state index in [4.69, 9.17) is 0 Å². The van der Waals surface area contributed by atoms with Gasteiger partial charge in [0, 0.05) is 18.7 Å². The summed E-state index contributed by atoms with van der Waals surface area (Å²) in [4.78, 5) is 26.4. The van der Waals surface area contributed by atoms with Crippen LogP contribution in [0.25, 0.3) is 10.2 Å². The van der Waals surface area contributed by atoms with Crippen molar-refractivity contribution in [2.24, 2.45) is 5.92 Å². The zero-order valence-corrected chi connectivity index (χ0v) is 14.0. The highest BCUT2D eigenvalue weighted by Crippen LogP contribution is 2.31. The molecule has 1 heterocycles. The fourth-order valence-electron chi connectivity index (χ4n) is 1.75. The van der Waals surface area contributed by atoms with Gasteiger partial charge in [0.2, 0.25) is 5.91 Å². The summed E-state index contributed by atoms with van der Waals surface area (Å²) in [6.45, 7) is 4.91. The number of amides is 1. The van der Waals surface area contributed by atoms with Crippen LogP contribution in [-0.2, 0) is 4.79 Å². The van der Waals surface area contributed by atoms with E-state index >= 15 is 0 Å². The van der Waals surface area contributed by atoms with Gasteiger partial charge in [0.1, 0.15) is 0 Å². The average Bonchev–Trinajstić information content (AvgIpc) is 2.86. The number of nitro groups is 1. The first-order valence-electron chi connectivity index (χ1n) is 6.90. The number of rotatable bonds is 7. The topological polar surface area (TPSA) is 85.1 Å². The van der Waals surface area contributed by atoms with E-state index in [1.165, 1.54) is 35.2 Å². The number of hydrogen-bond donors (Lipinski definition) is 1. The van der Waals surface area contributed by atoms with Crippen molar-refractivity contribution in [3.05, 3.63) is 28.3 Å². The smallest absolute Gasteiger partial charge is 0.270 e. The normalized spacial score (nSPS) is 11.0. The lowest BCUT2D eigenvalue weighted by atomic mass is 10.1. The number of fused-ring (bicyclic) bond motifs is 1. The maximum absolute atomic E-state index is 11.7. The highest BCUT2D eigenvalue weighted by molar-refractivity contribution is 8.01. The summed E-state index contributed by atoms with van der Waals surface area (Å²) < 4.78 is 1.51. The number of non-ortho nitro benzene ring substituents is 1. The molecular formula is C14H17N3O3S2. The SMILES string of the molecule is CC(C)CCNC(=O)CSc1nc2ccc([N+](=O)[O-])cc2s1. The first-order valence-corrected chi connectivity index (χ1v) is 8.70. The second-order valence-electron chi connectivity index (χ2n) is 5.21. The van der Waals surface area contributed by atoms with Crippen LogP contribution in [-0.4, -0.2) is 28.1 Å². The number of benzene rings is 1. The van der Waals surface area contributed by atoms with Gasteiger partial charge < -0.3 is 5.32 Å². The number of carbonyl (C=O) groups excluding carboxylic acids is 1. The molecule has 0 aliphatic carbocycles. The Balaban J connectivity index is 1.92. The second kappa shape index (κ2) is 7.55. The van der Waals surface area contributed by atoms with Crippen LogP contribution in [0.3, 0.4) is 0 Å². The third-order valence-electron chi connectivity index (χ3n) is 2.93. The number of nitrogens with zero attached hydrogens (tertiary/aromatic N) is 2. The van der Waals surface area contributed by atoms with Crippen molar-refractivity contribution in [2.75, 3.05) is 12.3 Å². The van der Waals surface area contributed by atoms with Gasteiger partial charge in [-0.3, -0.25) is 14.9 Å². The lowest BCUT2D eigenvalue weighted by molar-refractivity contribution is -0.384. The largest absolute Gasteiger partial charge is 0.355 e. The van der Waals surface area contributed by atoms with Crippen molar-refractivity contribution < 1.29 is 9.72 Å². The Hall–Kier alpha value is -1.67. The summed E-state index contributed by atoms with van der Waals surface area (Å²) in [5, 5.41) is 13.6. The zero-order chi connectivity index (χ0) is 16.1. The number of thioether (sulfide) groups is 1. The molecule has 1 aromatic heterocycles. The van der Waals surface area contributed by atoms with E-state index in [1.54, 1.807) is 6.07 Å². The van der Waals surface area contributed by atoms with E-state index in [2.05, 4.69) is 24.1 Å². The van der Waals surface area contributed by atoms with Crippen molar-refractivity contribution in [1.29, 1.82) is 0 Å². The minimum atomic E-state index is -0.422. The summed E-state index contributed by atoms with van der Waals surface area (Å²) >= 11 is 2.72. The summed E-state index contributed by atoms with van der Waals surface area (Å²) in [6.07, 6.45) is 0.960. The van der Waals surface area contributed by atoms with Crippen LogP contribution in [0.5, 0.6) is 0 Å². The lowest BCUT2D eigenvalue weighted by Crippen LogP contribution is -2.26. The van der Waals surface area contributed by atoms with E-state index in [0.29, 0.717) is 18.2 Å². The van der Waals surface area contributed by atoms with E-state index in [1.807, 2.05) is 0 Å². The molecule has 118 valence electrons. The predicted molar refractivity (Wildman–Crippen MR) is 89.5 cm³/mol. The van der Waals surface area contributed by atoms with Crippen molar-refractivity contribution in [2.45, 2.75) is 24.6 Å². The molecule has 0 atom stereocenters. The number of thiazole rings is 1. The Kier molecular flexibility index (Phi) is 5.73. The molecule has 1 amide bonds.